The number of anilines is 6. The van der Waals surface area contributed by atoms with Gasteiger partial charge < -0.3 is 9.80 Å². The average Bonchev–Trinajstić information content (AvgIpc) is 3.42. The molecule has 73 heavy (non-hydrogen) atoms. The van der Waals surface area contributed by atoms with Crippen molar-refractivity contribution in [3.05, 3.63) is 277 Å². The van der Waals surface area contributed by atoms with Gasteiger partial charge >= 0.3 is 0 Å². The monoisotopic (exact) mass is 943 g/mol. The van der Waals surface area contributed by atoms with Crippen molar-refractivity contribution in [2.45, 2.75) is 69.4 Å². The van der Waals surface area contributed by atoms with E-state index in [9.17, 15) is 0 Å². The second-order valence-electron chi connectivity index (χ2n) is 22.9. The van der Waals surface area contributed by atoms with Crippen LogP contribution in [0.1, 0.15) is 63.8 Å². The first-order valence-corrected chi connectivity index (χ1v) is 26.5. The normalized spacial score (nSPS) is 20.5. The molecule has 4 heteroatoms. The smallest absolute Gasteiger partial charge is 0.217 e. The summed E-state index contributed by atoms with van der Waals surface area (Å²) in [6.45, 7) is 14.1. The van der Waals surface area contributed by atoms with Crippen LogP contribution in [0.5, 0.6) is 0 Å². The third kappa shape index (κ3) is 8.07. The predicted molar refractivity (Wildman–Crippen MR) is 314 cm³/mol. The number of hydrogen-bond donors (Lipinski definition) is 0. The summed E-state index contributed by atoms with van der Waals surface area (Å²) in [7, 11) is 0. The summed E-state index contributed by atoms with van der Waals surface area (Å²) >= 11 is 0. The van der Waals surface area contributed by atoms with Crippen molar-refractivity contribution in [2.75, 3.05) is 9.80 Å². The fourth-order valence-corrected chi connectivity index (χ4v) is 13.3. The van der Waals surface area contributed by atoms with E-state index in [1.165, 1.54) is 44.1 Å². The highest BCUT2D eigenvalue weighted by Gasteiger charge is 2.61. The van der Waals surface area contributed by atoms with Crippen molar-refractivity contribution in [3.63, 3.8) is 0 Å². The van der Waals surface area contributed by atoms with Gasteiger partial charge in [-0.1, -0.05) is 245 Å². The molecule has 0 saturated heterocycles. The highest BCUT2D eigenvalue weighted by molar-refractivity contribution is 6.88. The minimum Gasteiger partial charge on any atom is -0.311 e. The molecule has 0 N–H and O–H groups in total. The summed E-state index contributed by atoms with van der Waals surface area (Å²) in [5.74, 6) is 0.922. The maximum absolute atomic E-state index is 2.57. The van der Waals surface area contributed by atoms with Gasteiger partial charge in [0.25, 0.3) is 0 Å². The fourth-order valence-electron chi connectivity index (χ4n) is 13.3. The third-order valence-electron chi connectivity index (χ3n) is 16.7. The Labute approximate surface area is 435 Å². The van der Waals surface area contributed by atoms with Crippen LogP contribution in [0.4, 0.5) is 34.1 Å². The van der Waals surface area contributed by atoms with Crippen LogP contribution in [0, 0.1) is 11.8 Å². The largest absolute Gasteiger partial charge is 0.311 e. The number of nitrogens with zero attached hydrogens (tertiary/aromatic N) is 2. The molecule has 0 aromatic heterocycles. The first-order chi connectivity index (χ1) is 35.5. The van der Waals surface area contributed by atoms with Gasteiger partial charge in [0.1, 0.15) is 0 Å². The van der Waals surface area contributed by atoms with Crippen molar-refractivity contribution >= 4 is 69.4 Å². The van der Waals surface area contributed by atoms with E-state index in [2.05, 4.69) is 306 Å². The first kappa shape index (κ1) is 46.5. The van der Waals surface area contributed by atoms with E-state index in [0.717, 1.165) is 34.1 Å². The molecule has 2 nitrogen and oxygen atoms in total. The molecule has 0 bridgehead atoms. The average molecular weight is 943 g/mol. The molecule has 0 amide bonds. The second kappa shape index (κ2) is 18.5. The summed E-state index contributed by atoms with van der Waals surface area (Å²) in [6.07, 6.45) is 19.5. The van der Waals surface area contributed by atoms with Gasteiger partial charge in [0.2, 0.25) is 13.4 Å². The van der Waals surface area contributed by atoms with Gasteiger partial charge in [-0.3, -0.25) is 0 Å². The predicted octanol–water partition coefficient (Wildman–Crippen LogP) is 15.0. The Hall–Kier alpha value is -7.55. The van der Waals surface area contributed by atoms with Crippen LogP contribution in [0.2, 0.25) is 11.6 Å². The van der Waals surface area contributed by atoms with E-state index in [1.807, 2.05) is 0 Å². The second-order valence-corrected chi connectivity index (χ2v) is 22.9. The maximum Gasteiger partial charge on any atom is 0.217 e. The summed E-state index contributed by atoms with van der Waals surface area (Å²) in [6, 6.07) is 77.9. The number of fused-ring (bicyclic) bond motifs is 8. The van der Waals surface area contributed by atoms with E-state index in [-0.39, 0.29) is 53.1 Å². The van der Waals surface area contributed by atoms with Gasteiger partial charge in [0, 0.05) is 39.5 Å². The molecule has 5 atom stereocenters. The lowest BCUT2D eigenvalue weighted by Crippen LogP contribution is -2.67. The van der Waals surface area contributed by atoms with Crippen molar-refractivity contribution in [1.29, 1.82) is 0 Å². The molecule has 5 unspecified atom stereocenters. The Morgan fingerprint density at radius 3 is 0.986 bits per heavy atom. The molecular formula is C69H64B2N2. The Kier molecular flexibility index (Phi) is 11.8. The molecule has 0 saturated carbocycles. The zero-order valence-corrected chi connectivity index (χ0v) is 43.1. The molecule has 2 heterocycles. The summed E-state index contributed by atoms with van der Waals surface area (Å²) < 4.78 is 0. The van der Waals surface area contributed by atoms with Crippen molar-refractivity contribution < 1.29 is 0 Å². The van der Waals surface area contributed by atoms with Gasteiger partial charge in [0.15, 0.2) is 0 Å². The zero-order valence-electron chi connectivity index (χ0n) is 43.1. The summed E-state index contributed by atoms with van der Waals surface area (Å²) in [5, 5.41) is 0. The number of para-hydroxylation sites is 2. The lowest BCUT2D eigenvalue weighted by Gasteiger charge is -2.59. The van der Waals surface area contributed by atoms with Crippen molar-refractivity contribution in [3.8, 4) is 0 Å². The van der Waals surface area contributed by atoms with Crippen LogP contribution in [0.25, 0.3) is 0 Å². The van der Waals surface area contributed by atoms with Crippen LogP contribution in [0.15, 0.2) is 255 Å². The summed E-state index contributed by atoms with van der Waals surface area (Å²) in [5.41, 5.74) is 17.9. The van der Waals surface area contributed by atoms with Crippen LogP contribution in [-0.4, -0.2) is 13.4 Å². The Balaban J connectivity index is 0.957. The van der Waals surface area contributed by atoms with Crippen LogP contribution >= 0.6 is 0 Å². The number of rotatable bonds is 8. The van der Waals surface area contributed by atoms with Crippen molar-refractivity contribution in [2.24, 2.45) is 11.8 Å². The Morgan fingerprint density at radius 2 is 0.630 bits per heavy atom. The lowest BCUT2D eigenvalue weighted by atomic mass is 9.19. The molecule has 2 aliphatic heterocycles. The molecule has 1 spiro atoms. The van der Waals surface area contributed by atoms with Gasteiger partial charge in [-0.2, -0.15) is 0 Å². The summed E-state index contributed by atoms with van der Waals surface area (Å²) in [4.78, 5) is 4.78. The van der Waals surface area contributed by atoms with Crippen molar-refractivity contribution in [1.82, 2.24) is 0 Å². The van der Waals surface area contributed by atoms with E-state index >= 15 is 0 Å². The van der Waals surface area contributed by atoms with Crippen LogP contribution < -0.4 is 31.7 Å². The number of allylic oxidation sites excluding steroid dienone is 8. The van der Waals surface area contributed by atoms with E-state index < -0.39 is 0 Å². The molecule has 356 valence electrons. The molecule has 0 radical (unpaired) electrons. The maximum atomic E-state index is 2.57. The SMILES string of the molecule is CC(C)(C)c1ccc(N(c2ccc(B3c4ccccc4C4(c5ccccc5B(c5ccc(N(c6ccccc6)c6ccccc6)cc5)C5C=CC=CC54)C4C=CC=CC34)cc2)c2ccc(C(C)(C)C)cc2)cc1. The Bertz CT molecular complexity index is 3280. The standard InChI is InChI=1S/C69H64B2N2/c1-67(2,3)49-33-41-55(42-34-49)73(56-43-35-50(36-44-56)68(4,5)6)58-47-39-52(40-48-58)71-65-31-19-15-27-61(65)69(62-28-16-20-32-66(62)71)59-25-13-17-29-63(59)70(64-30-18-14-26-60(64)69)51-37-45-57(46-38-51)72(53-21-9-7-10-22-53)54-23-11-8-12-24-54/h7-48,59,61,63,65H,1-6H3. The van der Waals surface area contributed by atoms with Gasteiger partial charge in [-0.15, -0.1) is 0 Å². The van der Waals surface area contributed by atoms with E-state index in [0.29, 0.717) is 0 Å². The molecule has 8 aromatic carbocycles. The van der Waals surface area contributed by atoms with Gasteiger partial charge in [-0.25, -0.2) is 0 Å². The molecule has 0 fully saturated rings. The van der Waals surface area contributed by atoms with Crippen LogP contribution in [-0.2, 0) is 16.2 Å². The minimum absolute atomic E-state index is 0.0718. The topological polar surface area (TPSA) is 6.48 Å². The Morgan fingerprint density at radius 1 is 0.329 bits per heavy atom. The highest BCUT2D eigenvalue weighted by Crippen LogP contribution is 2.60. The first-order valence-electron chi connectivity index (χ1n) is 26.5. The van der Waals surface area contributed by atoms with Gasteiger partial charge in [-0.05, 0) is 129 Å². The van der Waals surface area contributed by atoms with Crippen LogP contribution in [0.3, 0.4) is 0 Å². The minimum atomic E-state index is -0.301. The molecular weight excluding hydrogens is 878 g/mol. The zero-order chi connectivity index (χ0) is 49.9. The molecule has 12 rings (SSSR count). The lowest BCUT2D eigenvalue weighted by molar-refractivity contribution is 0.281. The number of benzene rings is 8. The van der Waals surface area contributed by atoms with Gasteiger partial charge in [0.05, 0.1) is 0 Å². The van der Waals surface area contributed by atoms with E-state index in [4.69, 9.17) is 0 Å². The number of hydrogen-bond acceptors (Lipinski definition) is 2. The fraction of sp³-hybridized carbons (Fsp3) is 0.188. The molecule has 8 aromatic rings. The quantitative estimate of drug-likeness (QED) is 0.140. The molecule has 4 aliphatic rings. The third-order valence-corrected chi connectivity index (χ3v) is 16.7. The van der Waals surface area contributed by atoms with E-state index in [1.54, 1.807) is 0 Å². The highest BCUT2D eigenvalue weighted by atomic mass is 15.1. The molecule has 2 aliphatic carbocycles.